The van der Waals surface area contributed by atoms with Crippen LogP contribution in [0, 0.1) is 0 Å². The number of carboxylic acid groups (broad SMARTS) is 1. The zero-order valence-electron chi connectivity index (χ0n) is 10.2. The summed E-state index contributed by atoms with van der Waals surface area (Å²) >= 11 is 0. The van der Waals surface area contributed by atoms with Gasteiger partial charge in [-0.3, -0.25) is 0 Å². The fourth-order valence-electron chi connectivity index (χ4n) is 1.87. The highest BCUT2D eigenvalue weighted by Gasteiger charge is 2.40. The number of aliphatic hydroxyl groups excluding tert-OH is 1. The Balaban J connectivity index is 2.63. The number of hydrogen-bond donors (Lipinski definition) is 2. The van der Waals surface area contributed by atoms with Crippen molar-refractivity contribution in [2.24, 2.45) is 0 Å². The van der Waals surface area contributed by atoms with Crippen molar-refractivity contribution in [3.63, 3.8) is 0 Å². The molecule has 19 heavy (non-hydrogen) atoms. The summed E-state index contributed by atoms with van der Waals surface area (Å²) in [6, 6.07) is -2.02. The van der Waals surface area contributed by atoms with Gasteiger partial charge in [-0.15, -0.1) is 0 Å². The topological polar surface area (TPSA) is 81.1 Å². The van der Waals surface area contributed by atoms with E-state index in [1.165, 1.54) is 0 Å². The first-order valence-electron chi connectivity index (χ1n) is 5.61. The van der Waals surface area contributed by atoms with Gasteiger partial charge in [-0.1, -0.05) is 0 Å². The first-order chi connectivity index (χ1) is 8.61. The Labute approximate surface area is 107 Å². The Bertz CT molecular complexity index is 361. The Morgan fingerprint density at radius 3 is 2.47 bits per heavy atom. The van der Waals surface area contributed by atoms with E-state index in [-0.39, 0.29) is 13.0 Å². The first-order valence-corrected chi connectivity index (χ1v) is 5.61. The van der Waals surface area contributed by atoms with Crippen molar-refractivity contribution in [2.75, 3.05) is 20.1 Å². The summed E-state index contributed by atoms with van der Waals surface area (Å²) in [6.07, 6.45) is -6.64. The Morgan fingerprint density at radius 2 is 2.00 bits per heavy atom. The predicted octanol–water partition coefficient (Wildman–Crippen LogP) is 0.510. The Kier molecular flexibility index (Phi) is 4.61. The van der Waals surface area contributed by atoms with E-state index in [2.05, 4.69) is 0 Å². The third kappa shape index (κ3) is 4.27. The largest absolute Gasteiger partial charge is 0.480 e. The molecule has 9 heteroatoms. The molecule has 2 N–H and O–H groups in total. The molecular weight excluding hydrogens is 269 g/mol. The minimum atomic E-state index is -4.38. The molecule has 0 bridgehead atoms. The number of amides is 2. The molecule has 0 spiro atoms. The maximum atomic E-state index is 12.0. The van der Waals surface area contributed by atoms with E-state index >= 15 is 0 Å². The molecular formula is C10H15F3N2O4. The monoisotopic (exact) mass is 284 g/mol. The van der Waals surface area contributed by atoms with Gasteiger partial charge in [0.15, 0.2) is 0 Å². The van der Waals surface area contributed by atoms with Crippen LogP contribution >= 0.6 is 0 Å². The van der Waals surface area contributed by atoms with E-state index in [4.69, 9.17) is 5.11 Å². The van der Waals surface area contributed by atoms with Gasteiger partial charge in [-0.25, -0.2) is 9.59 Å². The number of hydrogen-bond acceptors (Lipinski definition) is 3. The molecule has 2 atom stereocenters. The number of aliphatic hydroxyl groups is 1. The van der Waals surface area contributed by atoms with E-state index < -0.39 is 43.3 Å². The zero-order valence-corrected chi connectivity index (χ0v) is 10.2. The molecule has 6 nitrogen and oxygen atoms in total. The van der Waals surface area contributed by atoms with Gasteiger partial charge in [0.25, 0.3) is 0 Å². The lowest BCUT2D eigenvalue weighted by atomic mass is 10.2. The quantitative estimate of drug-likeness (QED) is 0.791. The van der Waals surface area contributed by atoms with Crippen LogP contribution in [0.3, 0.4) is 0 Å². The minimum Gasteiger partial charge on any atom is -0.480 e. The first kappa shape index (κ1) is 15.5. The van der Waals surface area contributed by atoms with Crippen molar-refractivity contribution in [2.45, 2.75) is 31.2 Å². The highest BCUT2D eigenvalue weighted by atomic mass is 19.4. The number of aliphatic carboxylic acids is 1. The summed E-state index contributed by atoms with van der Waals surface area (Å²) in [7, 11) is 1.16. The van der Waals surface area contributed by atoms with Gasteiger partial charge in [0, 0.05) is 26.6 Å². The molecule has 0 aliphatic carbocycles. The van der Waals surface area contributed by atoms with E-state index in [1.807, 2.05) is 0 Å². The van der Waals surface area contributed by atoms with Crippen LogP contribution in [-0.4, -0.2) is 70.5 Å². The van der Waals surface area contributed by atoms with Gasteiger partial charge >= 0.3 is 18.2 Å². The van der Waals surface area contributed by atoms with Gasteiger partial charge in [-0.05, 0) is 0 Å². The zero-order chi connectivity index (χ0) is 14.8. The van der Waals surface area contributed by atoms with Gasteiger partial charge in [0.2, 0.25) is 0 Å². The van der Waals surface area contributed by atoms with E-state index in [9.17, 15) is 27.9 Å². The number of rotatable bonds is 3. The Hall–Kier alpha value is -1.51. The van der Waals surface area contributed by atoms with Crippen LogP contribution in [0.2, 0.25) is 0 Å². The lowest BCUT2D eigenvalue weighted by molar-refractivity contribution is -0.142. The van der Waals surface area contributed by atoms with Crippen LogP contribution in [-0.2, 0) is 4.79 Å². The summed E-state index contributed by atoms with van der Waals surface area (Å²) in [4.78, 5) is 24.4. The number of halogens is 3. The number of β-amino-alcohol motifs (C(OH)–C–C–N with tert-alkyl or cyclic N) is 1. The molecule has 1 heterocycles. The highest BCUT2D eigenvalue weighted by Crippen LogP contribution is 2.22. The highest BCUT2D eigenvalue weighted by molar-refractivity contribution is 5.83. The summed E-state index contributed by atoms with van der Waals surface area (Å²) in [6.45, 7) is -0.743. The maximum absolute atomic E-state index is 12.0. The molecule has 1 rings (SSSR count). The number of urea groups is 1. The van der Waals surface area contributed by atoms with Gasteiger partial charge < -0.3 is 20.0 Å². The normalized spacial score (nSPS) is 23.5. The Morgan fingerprint density at radius 1 is 1.42 bits per heavy atom. The maximum Gasteiger partial charge on any atom is 0.390 e. The second kappa shape index (κ2) is 5.64. The summed E-state index contributed by atoms with van der Waals surface area (Å²) in [5.74, 6) is -1.28. The van der Waals surface area contributed by atoms with Crippen molar-refractivity contribution in [3.8, 4) is 0 Å². The van der Waals surface area contributed by atoms with E-state index in [0.29, 0.717) is 0 Å². The summed E-state index contributed by atoms with van der Waals surface area (Å²) in [5.41, 5.74) is 0. The third-order valence-corrected chi connectivity index (χ3v) is 2.87. The summed E-state index contributed by atoms with van der Waals surface area (Å²) < 4.78 is 36.1. The predicted molar refractivity (Wildman–Crippen MR) is 57.5 cm³/mol. The summed E-state index contributed by atoms with van der Waals surface area (Å²) in [5, 5.41) is 18.2. The van der Waals surface area contributed by atoms with Crippen LogP contribution < -0.4 is 0 Å². The number of likely N-dealkylation sites (tertiary alicyclic amines) is 1. The van der Waals surface area contributed by atoms with Crippen LogP contribution in [0.5, 0.6) is 0 Å². The van der Waals surface area contributed by atoms with Crippen molar-refractivity contribution in [3.05, 3.63) is 0 Å². The molecule has 0 unspecified atom stereocenters. The molecule has 0 aromatic heterocycles. The smallest absolute Gasteiger partial charge is 0.390 e. The molecule has 1 fully saturated rings. The number of carboxylic acids is 1. The van der Waals surface area contributed by atoms with Crippen molar-refractivity contribution < 1.29 is 33.0 Å². The van der Waals surface area contributed by atoms with Gasteiger partial charge in [0.1, 0.15) is 6.04 Å². The van der Waals surface area contributed by atoms with Gasteiger partial charge in [-0.2, -0.15) is 13.2 Å². The molecule has 0 aromatic carbocycles. The number of alkyl halides is 3. The second-order valence-electron chi connectivity index (χ2n) is 4.47. The molecule has 110 valence electrons. The molecule has 2 amide bonds. The number of nitrogens with zero attached hydrogens (tertiary/aromatic N) is 2. The molecule has 1 saturated heterocycles. The number of carbonyl (C=O) groups is 2. The molecule has 0 aromatic rings. The molecule has 1 aliphatic heterocycles. The van der Waals surface area contributed by atoms with E-state index in [1.54, 1.807) is 0 Å². The average molecular weight is 284 g/mol. The second-order valence-corrected chi connectivity index (χ2v) is 4.47. The molecule has 0 saturated carbocycles. The lowest BCUT2D eigenvalue weighted by Gasteiger charge is -2.27. The van der Waals surface area contributed by atoms with Crippen LogP contribution in [0.25, 0.3) is 0 Å². The third-order valence-electron chi connectivity index (χ3n) is 2.87. The van der Waals surface area contributed by atoms with Crippen LogP contribution in [0.4, 0.5) is 18.0 Å². The lowest BCUT2D eigenvalue weighted by Crippen LogP contribution is -2.47. The fourth-order valence-corrected chi connectivity index (χ4v) is 1.87. The van der Waals surface area contributed by atoms with Crippen molar-refractivity contribution >= 4 is 12.0 Å². The average Bonchev–Trinajstić information content (AvgIpc) is 2.66. The van der Waals surface area contributed by atoms with Crippen molar-refractivity contribution in [1.29, 1.82) is 0 Å². The fraction of sp³-hybridized carbons (Fsp3) is 0.800. The van der Waals surface area contributed by atoms with Gasteiger partial charge in [0.05, 0.1) is 12.5 Å². The minimum absolute atomic E-state index is 0.117. The molecule has 1 aliphatic rings. The SMILES string of the molecule is CN(CCC(F)(F)F)C(=O)N1C[C@@H](O)C[C@H]1C(=O)O. The van der Waals surface area contributed by atoms with E-state index in [0.717, 1.165) is 16.8 Å². The number of carbonyl (C=O) groups excluding carboxylic acids is 1. The standard InChI is InChI=1S/C10H15F3N2O4/c1-14(3-2-10(11,12)13)9(19)15-5-6(16)4-7(15)8(17)18/h6-7,16H,2-5H2,1H3,(H,17,18)/t6-,7-/m0/s1. The van der Waals surface area contributed by atoms with Crippen molar-refractivity contribution in [1.82, 2.24) is 9.80 Å². The van der Waals surface area contributed by atoms with Crippen LogP contribution in [0.1, 0.15) is 12.8 Å². The van der Waals surface area contributed by atoms with Crippen LogP contribution in [0.15, 0.2) is 0 Å². The molecule has 0 radical (unpaired) electrons.